The van der Waals surface area contributed by atoms with E-state index in [1.165, 1.54) is 23.6 Å². The monoisotopic (exact) mass is 487 g/mol. The van der Waals surface area contributed by atoms with E-state index in [9.17, 15) is 8.42 Å². The summed E-state index contributed by atoms with van der Waals surface area (Å²) in [5, 5.41) is 2.11. The van der Waals surface area contributed by atoms with E-state index in [1.807, 2.05) is 12.1 Å². The number of hydrogen-bond donors (Lipinski definition) is 0. The van der Waals surface area contributed by atoms with E-state index in [0.29, 0.717) is 43.2 Å². The van der Waals surface area contributed by atoms with Crippen molar-refractivity contribution in [2.24, 2.45) is 10.9 Å². The van der Waals surface area contributed by atoms with Crippen LogP contribution in [0, 0.1) is 5.92 Å². The normalized spacial score (nSPS) is 23.1. The van der Waals surface area contributed by atoms with Crippen LogP contribution in [-0.4, -0.2) is 43.6 Å². The van der Waals surface area contributed by atoms with Crippen LogP contribution in [0.15, 0.2) is 62.3 Å². The fourth-order valence-electron chi connectivity index (χ4n) is 4.75. The molecule has 2 aromatic heterocycles. The second kappa shape index (κ2) is 9.58. The van der Waals surface area contributed by atoms with Gasteiger partial charge in [0.2, 0.25) is 10.0 Å². The molecular formula is C24H29N3O4S2. The molecule has 5 rings (SSSR count). The van der Waals surface area contributed by atoms with Crippen LogP contribution in [0.4, 0.5) is 5.69 Å². The lowest BCUT2D eigenvalue weighted by Gasteiger charge is -2.31. The van der Waals surface area contributed by atoms with E-state index in [2.05, 4.69) is 16.9 Å². The number of furan rings is 1. The first kappa shape index (κ1) is 22.6. The molecule has 2 aliphatic rings. The molecule has 2 unspecified atom stereocenters. The molecule has 1 saturated heterocycles. The number of rotatable bonds is 5. The zero-order valence-corrected chi connectivity index (χ0v) is 20.4. The number of nitrogens with zero attached hydrogens (tertiary/aromatic N) is 3. The summed E-state index contributed by atoms with van der Waals surface area (Å²) in [4.78, 5) is 6.13. The number of aromatic nitrogens is 1. The van der Waals surface area contributed by atoms with Crippen molar-refractivity contribution in [2.45, 2.75) is 43.5 Å². The lowest BCUT2D eigenvalue weighted by molar-refractivity contribution is 0.0730. The highest BCUT2D eigenvalue weighted by molar-refractivity contribution is 7.89. The Morgan fingerprint density at radius 3 is 2.52 bits per heavy atom. The van der Waals surface area contributed by atoms with Gasteiger partial charge in [-0.3, -0.25) is 0 Å². The van der Waals surface area contributed by atoms with E-state index in [0.717, 1.165) is 28.4 Å². The molecule has 0 spiro atoms. The molecule has 176 valence electrons. The lowest BCUT2D eigenvalue weighted by atomic mass is 9.85. The van der Waals surface area contributed by atoms with Gasteiger partial charge in [-0.05, 0) is 55.2 Å². The Morgan fingerprint density at radius 2 is 1.82 bits per heavy atom. The Hall–Kier alpha value is -2.20. The largest absolute Gasteiger partial charge is 0.463 e. The van der Waals surface area contributed by atoms with Crippen molar-refractivity contribution in [3.63, 3.8) is 0 Å². The van der Waals surface area contributed by atoms with E-state index in [4.69, 9.17) is 14.1 Å². The topological polar surface area (TPSA) is 77.0 Å². The van der Waals surface area contributed by atoms with Crippen LogP contribution in [-0.2, 0) is 14.8 Å². The van der Waals surface area contributed by atoms with Crippen molar-refractivity contribution in [1.82, 2.24) is 8.87 Å². The summed E-state index contributed by atoms with van der Waals surface area (Å²) in [6.45, 7) is 3.96. The van der Waals surface area contributed by atoms with E-state index in [1.54, 1.807) is 41.9 Å². The number of sulfonamides is 1. The van der Waals surface area contributed by atoms with Crippen LogP contribution >= 0.6 is 11.3 Å². The quantitative estimate of drug-likeness (QED) is 0.517. The minimum Gasteiger partial charge on any atom is -0.463 e. The van der Waals surface area contributed by atoms with E-state index in [-0.39, 0.29) is 0 Å². The van der Waals surface area contributed by atoms with Crippen molar-refractivity contribution in [1.29, 1.82) is 0 Å². The summed E-state index contributed by atoms with van der Waals surface area (Å²) in [5.41, 5.74) is 1.79. The summed E-state index contributed by atoms with van der Waals surface area (Å²) in [7, 11) is -3.51. The Kier molecular flexibility index (Phi) is 6.56. The summed E-state index contributed by atoms with van der Waals surface area (Å²) < 4.78 is 40.6. The molecule has 1 aliphatic carbocycles. The molecule has 33 heavy (non-hydrogen) atoms. The highest BCUT2D eigenvalue weighted by atomic mass is 32.2. The maximum absolute atomic E-state index is 12.9. The van der Waals surface area contributed by atoms with Gasteiger partial charge < -0.3 is 13.7 Å². The molecule has 7 nitrogen and oxygen atoms in total. The third-order valence-electron chi connectivity index (χ3n) is 6.58. The van der Waals surface area contributed by atoms with E-state index >= 15 is 0 Å². The number of ether oxygens (including phenoxy) is 1. The predicted molar refractivity (Wildman–Crippen MR) is 128 cm³/mol. The van der Waals surface area contributed by atoms with Crippen LogP contribution in [0.25, 0.3) is 11.5 Å². The molecule has 3 heterocycles. The highest BCUT2D eigenvalue weighted by Crippen LogP contribution is 2.36. The van der Waals surface area contributed by atoms with Gasteiger partial charge in [-0.1, -0.05) is 19.8 Å². The number of thiazole rings is 1. The Labute approximate surface area is 198 Å². The molecular weight excluding hydrogens is 458 g/mol. The maximum atomic E-state index is 12.9. The summed E-state index contributed by atoms with van der Waals surface area (Å²) in [6.07, 6.45) is 6.51. The van der Waals surface area contributed by atoms with Gasteiger partial charge in [-0.15, -0.1) is 11.3 Å². The smallest absolute Gasteiger partial charge is 0.243 e. The Morgan fingerprint density at radius 1 is 1.06 bits per heavy atom. The number of morpholine rings is 1. The van der Waals surface area contributed by atoms with E-state index < -0.39 is 10.0 Å². The van der Waals surface area contributed by atoms with Crippen LogP contribution in [0.1, 0.15) is 38.6 Å². The molecule has 0 N–H and O–H groups in total. The molecule has 2 fully saturated rings. The zero-order valence-electron chi connectivity index (χ0n) is 18.7. The average Bonchev–Trinajstić information content (AvgIpc) is 3.51. The van der Waals surface area contributed by atoms with Gasteiger partial charge in [0.1, 0.15) is 0 Å². The summed E-state index contributed by atoms with van der Waals surface area (Å²) >= 11 is 1.59. The molecule has 0 bridgehead atoms. The molecule has 2 atom stereocenters. The summed E-state index contributed by atoms with van der Waals surface area (Å²) in [5.74, 6) is 1.40. The molecule has 0 amide bonds. The fraction of sp³-hybridized carbons (Fsp3) is 0.458. The average molecular weight is 488 g/mol. The van der Waals surface area contributed by atoms with Crippen LogP contribution in [0.5, 0.6) is 0 Å². The first-order chi connectivity index (χ1) is 16.0. The second-order valence-corrected chi connectivity index (χ2v) is 11.5. The lowest BCUT2D eigenvalue weighted by Crippen LogP contribution is -2.40. The summed E-state index contributed by atoms with van der Waals surface area (Å²) in [6, 6.07) is 11.1. The number of benzene rings is 1. The van der Waals surface area contributed by atoms with Crippen molar-refractivity contribution in [3.8, 4) is 11.5 Å². The first-order valence-electron chi connectivity index (χ1n) is 11.5. The standard InChI is InChI=1S/C24H29N3O4S2/c1-18-5-2-3-6-21(18)27-22(23-7-4-14-31-23)17-32-24(27)25-19-8-10-20(11-9-19)33(28,29)26-12-15-30-16-13-26/h4,7-11,14,17-18,21H,2-3,5-6,12-13,15-16H2,1H3. The van der Waals surface area contributed by atoms with Crippen LogP contribution in [0.2, 0.25) is 0 Å². The van der Waals surface area contributed by atoms with Crippen molar-refractivity contribution in [2.75, 3.05) is 26.3 Å². The minimum absolute atomic E-state index is 0.291. The Bertz CT molecular complexity index is 1240. The molecule has 1 aliphatic heterocycles. The molecule has 0 radical (unpaired) electrons. The first-order valence-corrected chi connectivity index (χ1v) is 13.8. The molecule has 1 aromatic carbocycles. The van der Waals surface area contributed by atoms with Crippen LogP contribution in [0.3, 0.4) is 0 Å². The van der Waals surface area contributed by atoms with Gasteiger partial charge in [0, 0.05) is 24.5 Å². The van der Waals surface area contributed by atoms with Gasteiger partial charge in [0.25, 0.3) is 0 Å². The van der Waals surface area contributed by atoms with Crippen LogP contribution < -0.4 is 4.80 Å². The van der Waals surface area contributed by atoms with Gasteiger partial charge in [-0.25, -0.2) is 13.4 Å². The van der Waals surface area contributed by atoms with Gasteiger partial charge in [0.15, 0.2) is 10.6 Å². The zero-order chi connectivity index (χ0) is 22.8. The van der Waals surface area contributed by atoms with Gasteiger partial charge in [-0.2, -0.15) is 4.31 Å². The van der Waals surface area contributed by atoms with Crippen molar-refractivity contribution in [3.05, 3.63) is 52.8 Å². The highest BCUT2D eigenvalue weighted by Gasteiger charge is 2.28. The SMILES string of the molecule is CC1CCCCC1n1c(-c2ccco2)csc1=Nc1ccc(S(=O)(=O)N2CCOCC2)cc1. The third-order valence-corrected chi connectivity index (χ3v) is 9.34. The fourth-order valence-corrected chi connectivity index (χ4v) is 7.11. The third kappa shape index (κ3) is 4.59. The minimum atomic E-state index is -3.51. The van der Waals surface area contributed by atoms with Crippen molar-refractivity contribution >= 4 is 27.0 Å². The van der Waals surface area contributed by atoms with Crippen molar-refractivity contribution < 1.29 is 17.6 Å². The predicted octanol–water partition coefficient (Wildman–Crippen LogP) is 4.81. The molecule has 9 heteroatoms. The molecule has 1 saturated carbocycles. The number of hydrogen-bond acceptors (Lipinski definition) is 6. The Balaban J connectivity index is 1.50. The van der Waals surface area contributed by atoms with Gasteiger partial charge >= 0.3 is 0 Å². The second-order valence-electron chi connectivity index (χ2n) is 8.70. The molecule has 3 aromatic rings. The maximum Gasteiger partial charge on any atom is 0.243 e. The van der Waals surface area contributed by atoms with Gasteiger partial charge in [0.05, 0.1) is 35.8 Å².